The second-order valence-electron chi connectivity index (χ2n) is 7.73. The van der Waals surface area contributed by atoms with Gasteiger partial charge in [0.15, 0.2) is 7.14 Å². The van der Waals surface area contributed by atoms with Crippen LogP contribution in [-0.4, -0.2) is 6.41 Å². The standard InChI is InChI=1S/C29H26NO2PS2/c31-23-30-28(33(32,26-17-9-3-10-18-26)27-19-11-4-12-20-27)29(34-21-24-13-5-1-6-14-24)35-22-25-15-7-2-8-16-25/h1-20,23H,21-22H2,(H,30,31). The van der Waals surface area contributed by atoms with Crippen LogP contribution < -0.4 is 15.9 Å². The number of carbonyl (C=O) groups excluding carboxylic acids is 1. The van der Waals surface area contributed by atoms with Gasteiger partial charge in [-0.3, -0.25) is 4.79 Å². The first-order valence-corrected chi connectivity index (χ1v) is 14.9. The van der Waals surface area contributed by atoms with Gasteiger partial charge in [0.2, 0.25) is 6.41 Å². The number of rotatable bonds is 11. The molecule has 0 unspecified atom stereocenters. The van der Waals surface area contributed by atoms with Gasteiger partial charge in [0.1, 0.15) is 5.44 Å². The third-order valence-electron chi connectivity index (χ3n) is 5.37. The van der Waals surface area contributed by atoms with Crippen LogP contribution >= 0.6 is 30.7 Å². The fourth-order valence-corrected chi connectivity index (χ4v) is 9.35. The molecule has 0 saturated heterocycles. The minimum absolute atomic E-state index is 0.465. The normalized spacial score (nSPS) is 11.0. The number of carbonyl (C=O) groups is 1. The van der Waals surface area contributed by atoms with Crippen LogP contribution in [0.1, 0.15) is 11.1 Å². The Labute approximate surface area is 215 Å². The molecule has 0 aliphatic heterocycles. The van der Waals surface area contributed by atoms with Crippen LogP contribution in [-0.2, 0) is 20.9 Å². The molecular weight excluding hydrogens is 489 g/mol. The monoisotopic (exact) mass is 515 g/mol. The van der Waals surface area contributed by atoms with Gasteiger partial charge in [0.05, 0.1) is 4.24 Å². The van der Waals surface area contributed by atoms with E-state index < -0.39 is 7.14 Å². The van der Waals surface area contributed by atoms with Crippen LogP contribution in [0.5, 0.6) is 0 Å². The van der Waals surface area contributed by atoms with Crippen molar-refractivity contribution in [3.05, 3.63) is 142 Å². The molecule has 0 aromatic heterocycles. The molecule has 35 heavy (non-hydrogen) atoms. The van der Waals surface area contributed by atoms with E-state index in [0.717, 1.165) is 15.4 Å². The average molecular weight is 516 g/mol. The largest absolute Gasteiger partial charge is 0.324 e. The Morgan fingerprint density at radius 1 is 0.629 bits per heavy atom. The van der Waals surface area contributed by atoms with E-state index in [2.05, 4.69) is 29.6 Å². The van der Waals surface area contributed by atoms with Crippen molar-refractivity contribution < 1.29 is 9.36 Å². The third-order valence-corrected chi connectivity index (χ3v) is 11.3. The number of benzene rings is 4. The van der Waals surface area contributed by atoms with Crippen molar-refractivity contribution in [1.29, 1.82) is 0 Å². The summed E-state index contributed by atoms with van der Waals surface area (Å²) < 4.78 is 15.9. The predicted molar refractivity (Wildman–Crippen MR) is 151 cm³/mol. The highest BCUT2D eigenvalue weighted by molar-refractivity contribution is 8.22. The molecule has 4 aromatic rings. The van der Waals surface area contributed by atoms with Crippen molar-refractivity contribution in [3.63, 3.8) is 0 Å². The maximum atomic E-state index is 15.1. The first kappa shape index (κ1) is 25.1. The Balaban J connectivity index is 1.84. The molecule has 0 aliphatic rings. The van der Waals surface area contributed by atoms with Crippen LogP contribution in [0, 0.1) is 0 Å². The van der Waals surface area contributed by atoms with E-state index in [9.17, 15) is 4.79 Å². The van der Waals surface area contributed by atoms with E-state index in [4.69, 9.17) is 0 Å². The van der Waals surface area contributed by atoms with Crippen molar-refractivity contribution in [2.24, 2.45) is 0 Å². The molecule has 6 heteroatoms. The summed E-state index contributed by atoms with van der Waals surface area (Å²) in [6.07, 6.45) is 0.639. The highest BCUT2D eigenvalue weighted by Gasteiger charge is 2.35. The van der Waals surface area contributed by atoms with Gasteiger partial charge in [0.25, 0.3) is 0 Å². The van der Waals surface area contributed by atoms with Crippen molar-refractivity contribution in [3.8, 4) is 0 Å². The zero-order valence-corrected chi connectivity index (χ0v) is 21.6. The predicted octanol–water partition coefficient (Wildman–Crippen LogP) is 6.74. The van der Waals surface area contributed by atoms with Gasteiger partial charge in [-0.25, -0.2) is 0 Å². The molecule has 0 bridgehead atoms. The first-order chi connectivity index (χ1) is 17.2. The van der Waals surface area contributed by atoms with E-state index in [1.807, 2.05) is 97.1 Å². The molecule has 4 rings (SSSR count). The number of nitrogens with one attached hydrogen (secondary N) is 1. The van der Waals surface area contributed by atoms with Crippen LogP contribution in [0.2, 0.25) is 0 Å². The van der Waals surface area contributed by atoms with E-state index in [1.165, 1.54) is 0 Å². The number of hydrogen-bond acceptors (Lipinski definition) is 4. The van der Waals surface area contributed by atoms with Crippen molar-refractivity contribution >= 4 is 47.7 Å². The minimum Gasteiger partial charge on any atom is -0.324 e. The molecule has 0 saturated carbocycles. The van der Waals surface area contributed by atoms with Crippen LogP contribution in [0.25, 0.3) is 0 Å². The van der Waals surface area contributed by atoms with E-state index >= 15 is 4.57 Å². The highest BCUT2D eigenvalue weighted by Crippen LogP contribution is 2.55. The number of thioether (sulfide) groups is 2. The molecule has 1 N–H and O–H groups in total. The molecule has 1 amide bonds. The third kappa shape index (κ3) is 6.37. The minimum atomic E-state index is -3.35. The Morgan fingerprint density at radius 3 is 1.37 bits per heavy atom. The van der Waals surface area contributed by atoms with Gasteiger partial charge in [-0.15, -0.1) is 23.5 Å². The van der Waals surface area contributed by atoms with Gasteiger partial charge >= 0.3 is 0 Å². The van der Waals surface area contributed by atoms with Crippen LogP contribution in [0.3, 0.4) is 0 Å². The van der Waals surface area contributed by atoms with Gasteiger partial charge in [-0.1, -0.05) is 121 Å². The maximum Gasteiger partial charge on any atom is 0.211 e. The fourth-order valence-electron chi connectivity index (χ4n) is 3.64. The number of hydrogen-bond donors (Lipinski definition) is 1. The van der Waals surface area contributed by atoms with E-state index in [-0.39, 0.29) is 0 Å². The Bertz CT molecular complexity index is 1210. The molecule has 0 fully saturated rings. The summed E-state index contributed by atoms with van der Waals surface area (Å²) in [6.45, 7) is 0. The lowest BCUT2D eigenvalue weighted by atomic mass is 10.2. The molecule has 0 radical (unpaired) electrons. The lowest BCUT2D eigenvalue weighted by molar-refractivity contribution is -0.108. The van der Waals surface area contributed by atoms with E-state index in [1.54, 1.807) is 23.5 Å². The zero-order chi connectivity index (χ0) is 24.3. The molecule has 3 nitrogen and oxygen atoms in total. The Hall–Kier alpha value is -2.98. The average Bonchev–Trinajstić information content (AvgIpc) is 2.94. The second kappa shape index (κ2) is 12.6. The lowest BCUT2D eigenvalue weighted by Gasteiger charge is -2.25. The summed E-state index contributed by atoms with van der Waals surface area (Å²) in [5, 5.41) is 4.26. The van der Waals surface area contributed by atoms with Crippen molar-refractivity contribution in [2.45, 2.75) is 11.5 Å². The highest BCUT2D eigenvalue weighted by atomic mass is 32.2. The molecule has 4 aromatic carbocycles. The molecule has 0 aliphatic carbocycles. The Morgan fingerprint density at radius 2 is 1.00 bits per heavy atom. The quantitative estimate of drug-likeness (QED) is 0.178. The first-order valence-electron chi connectivity index (χ1n) is 11.2. The molecule has 0 spiro atoms. The van der Waals surface area contributed by atoms with Gasteiger partial charge < -0.3 is 9.88 Å². The van der Waals surface area contributed by atoms with E-state index in [0.29, 0.717) is 34.0 Å². The fraction of sp³-hybridized carbons (Fsp3) is 0.0690. The van der Waals surface area contributed by atoms with Crippen molar-refractivity contribution in [1.82, 2.24) is 5.32 Å². The van der Waals surface area contributed by atoms with Gasteiger partial charge in [-0.05, 0) is 11.1 Å². The summed E-state index contributed by atoms with van der Waals surface area (Å²) in [4.78, 5) is 11.9. The van der Waals surface area contributed by atoms with Crippen LogP contribution in [0.15, 0.2) is 131 Å². The summed E-state index contributed by atoms with van der Waals surface area (Å²) in [5.41, 5.74) is 2.79. The summed E-state index contributed by atoms with van der Waals surface area (Å²) >= 11 is 3.21. The smallest absolute Gasteiger partial charge is 0.211 e. The van der Waals surface area contributed by atoms with Gasteiger partial charge in [-0.2, -0.15) is 0 Å². The lowest BCUT2D eigenvalue weighted by Crippen LogP contribution is -2.25. The molecule has 0 heterocycles. The molecule has 176 valence electrons. The Kier molecular flexibility index (Phi) is 9.08. The van der Waals surface area contributed by atoms with Gasteiger partial charge in [0, 0.05) is 22.1 Å². The van der Waals surface area contributed by atoms with Crippen molar-refractivity contribution in [2.75, 3.05) is 0 Å². The zero-order valence-electron chi connectivity index (χ0n) is 19.1. The maximum absolute atomic E-state index is 15.1. The second-order valence-corrected chi connectivity index (χ2v) is 12.7. The summed E-state index contributed by atoms with van der Waals surface area (Å²) in [7, 11) is -3.35. The summed E-state index contributed by atoms with van der Waals surface area (Å²) in [6, 6.07) is 39.2. The van der Waals surface area contributed by atoms with Crippen LogP contribution in [0.4, 0.5) is 0 Å². The topological polar surface area (TPSA) is 46.2 Å². The summed E-state index contributed by atoms with van der Waals surface area (Å²) in [5.74, 6) is 1.40. The molecular formula is C29H26NO2PS2. The molecule has 0 atom stereocenters. The SMILES string of the molecule is O=CNC(=C(SCc1ccccc1)SCc1ccccc1)P(=O)(c1ccccc1)c1ccccc1. The number of amides is 1.